The van der Waals surface area contributed by atoms with E-state index in [1.165, 1.54) is 12.1 Å². The Morgan fingerprint density at radius 1 is 1.31 bits per heavy atom. The fourth-order valence-electron chi connectivity index (χ4n) is 2.51. The van der Waals surface area contributed by atoms with Gasteiger partial charge in [0.1, 0.15) is 29.7 Å². The van der Waals surface area contributed by atoms with E-state index < -0.39 is 11.5 Å². The summed E-state index contributed by atoms with van der Waals surface area (Å²) in [6, 6.07) is 13.5. The number of nitrogens with one attached hydrogen (secondary N) is 1. The number of benzene rings is 1. The molecule has 7 heteroatoms. The van der Waals surface area contributed by atoms with Crippen LogP contribution in [0.3, 0.4) is 0 Å². The predicted molar refractivity (Wildman–Crippen MR) is 92.0 cm³/mol. The summed E-state index contributed by atoms with van der Waals surface area (Å²) in [5, 5.41) is 18.1. The molecule has 0 saturated heterocycles. The number of aromatic carboxylic acids is 1. The molecule has 0 aliphatic carbocycles. The first-order chi connectivity index (χ1) is 12.5. The first-order valence-corrected chi connectivity index (χ1v) is 7.67. The van der Waals surface area contributed by atoms with Gasteiger partial charge in [0, 0.05) is 11.3 Å². The van der Waals surface area contributed by atoms with Crippen molar-refractivity contribution in [2.24, 2.45) is 0 Å². The fraction of sp³-hybridized carbons (Fsp3) is 0.105. The number of ether oxygens (including phenoxy) is 1. The zero-order valence-corrected chi connectivity index (χ0v) is 13.8. The number of aromatic nitrogens is 1. The number of carbonyl (C=O) groups is 1. The molecule has 3 rings (SSSR count). The van der Waals surface area contributed by atoms with Crippen LogP contribution in [0.4, 0.5) is 0 Å². The predicted octanol–water partition coefficient (Wildman–Crippen LogP) is 3.09. The summed E-state index contributed by atoms with van der Waals surface area (Å²) in [5.41, 5.74) is 1.42. The summed E-state index contributed by atoms with van der Waals surface area (Å²) >= 11 is 0. The Balaban J connectivity index is 1.86. The number of aromatic amines is 1. The van der Waals surface area contributed by atoms with Crippen LogP contribution in [0.1, 0.15) is 27.6 Å². The second-order valence-electron chi connectivity index (χ2n) is 5.57. The number of pyridine rings is 1. The van der Waals surface area contributed by atoms with Gasteiger partial charge in [-0.25, -0.2) is 4.79 Å². The molecule has 130 valence electrons. The molecule has 0 atom stereocenters. The van der Waals surface area contributed by atoms with Crippen LogP contribution in [0.2, 0.25) is 0 Å². The summed E-state index contributed by atoms with van der Waals surface area (Å²) in [6.45, 7) is 1.79. The highest BCUT2D eigenvalue weighted by Crippen LogP contribution is 2.26. The Morgan fingerprint density at radius 3 is 2.81 bits per heavy atom. The van der Waals surface area contributed by atoms with Gasteiger partial charge in [0.15, 0.2) is 0 Å². The van der Waals surface area contributed by atoms with Crippen molar-refractivity contribution in [3.63, 3.8) is 0 Å². The van der Waals surface area contributed by atoms with Crippen molar-refractivity contribution in [2.75, 3.05) is 0 Å². The molecular formula is C19H14N2O5. The summed E-state index contributed by atoms with van der Waals surface area (Å²) in [4.78, 5) is 25.4. The molecule has 0 radical (unpaired) electrons. The van der Waals surface area contributed by atoms with E-state index in [9.17, 15) is 14.9 Å². The van der Waals surface area contributed by atoms with Crippen LogP contribution in [-0.2, 0) is 6.61 Å². The summed E-state index contributed by atoms with van der Waals surface area (Å²) in [5.74, 6) is -0.433. The van der Waals surface area contributed by atoms with Gasteiger partial charge in [-0.05, 0) is 42.8 Å². The van der Waals surface area contributed by atoms with Gasteiger partial charge >= 0.3 is 5.97 Å². The monoisotopic (exact) mass is 350 g/mol. The highest BCUT2D eigenvalue weighted by Gasteiger charge is 2.12. The number of carboxylic acids is 1. The Hall–Kier alpha value is -3.79. The van der Waals surface area contributed by atoms with Crippen molar-refractivity contribution in [1.29, 1.82) is 5.26 Å². The molecule has 0 spiro atoms. The standard InChI is InChI=1S/C19H14N2O5/c1-11-7-15(16(9-20)18(22)21-11)12-3-2-4-13(8-12)25-10-14-5-6-17(26-14)19(23)24/h2-8H,10H2,1H3,(H,21,22)(H,23,24). The number of hydrogen-bond donors (Lipinski definition) is 2. The van der Waals surface area contributed by atoms with Gasteiger partial charge in [-0.3, -0.25) is 4.79 Å². The molecule has 0 unspecified atom stereocenters. The van der Waals surface area contributed by atoms with Crippen molar-refractivity contribution in [3.8, 4) is 22.9 Å². The minimum Gasteiger partial charge on any atom is -0.486 e. The third kappa shape index (κ3) is 3.49. The van der Waals surface area contributed by atoms with Crippen molar-refractivity contribution in [3.05, 3.63) is 75.6 Å². The van der Waals surface area contributed by atoms with Crippen molar-refractivity contribution < 1.29 is 19.1 Å². The van der Waals surface area contributed by atoms with Crippen molar-refractivity contribution >= 4 is 5.97 Å². The lowest BCUT2D eigenvalue weighted by molar-refractivity contribution is 0.0658. The van der Waals surface area contributed by atoms with Crippen molar-refractivity contribution in [1.82, 2.24) is 4.98 Å². The average Bonchev–Trinajstić information content (AvgIpc) is 3.09. The Kier molecular flexibility index (Phi) is 4.58. The summed E-state index contributed by atoms with van der Waals surface area (Å²) in [6.07, 6.45) is 0. The highest BCUT2D eigenvalue weighted by molar-refractivity contribution is 5.84. The first kappa shape index (κ1) is 17.0. The molecule has 1 aromatic carbocycles. The maximum Gasteiger partial charge on any atom is 0.371 e. The van der Waals surface area contributed by atoms with Crippen LogP contribution in [0.25, 0.3) is 11.1 Å². The van der Waals surface area contributed by atoms with Crippen LogP contribution in [-0.4, -0.2) is 16.1 Å². The fourth-order valence-corrected chi connectivity index (χ4v) is 2.51. The van der Waals surface area contributed by atoms with Crippen LogP contribution in [0, 0.1) is 18.3 Å². The largest absolute Gasteiger partial charge is 0.486 e. The molecule has 26 heavy (non-hydrogen) atoms. The number of hydrogen-bond acceptors (Lipinski definition) is 5. The van der Waals surface area contributed by atoms with E-state index in [2.05, 4.69) is 4.98 Å². The molecule has 0 fully saturated rings. The molecule has 2 heterocycles. The smallest absolute Gasteiger partial charge is 0.371 e. The normalized spacial score (nSPS) is 10.3. The van der Waals surface area contributed by atoms with E-state index >= 15 is 0 Å². The first-order valence-electron chi connectivity index (χ1n) is 7.67. The molecule has 0 bridgehead atoms. The third-order valence-electron chi connectivity index (χ3n) is 3.68. The number of aryl methyl sites for hydroxylation is 1. The Morgan fingerprint density at radius 2 is 2.12 bits per heavy atom. The van der Waals surface area contributed by atoms with Crippen LogP contribution < -0.4 is 10.3 Å². The second kappa shape index (κ2) is 6.99. The van der Waals surface area contributed by atoms with Gasteiger partial charge in [-0.15, -0.1) is 0 Å². The number of H-pyrrole nitrogens is 1. The minimum atomic E-state index is -1.15. The quantitative estimate of drug-likeness (QED) is 0.730. The lowest BCUT2D eigenvalue weighted by Gasteiger charge is -2.09. The molecule has 0 saturated carbocycles. The number of nitriles is 1. The maximum atomic E-state index is 11.9. The van der Waals surface area contributed by atoms with Crippen LogP contribution in [0.15, 0.2) is 51.7 Å². The molecule has 0 amide bonds. The maximum absolute atomic E-state index is 11.9. The lowest BCUT2D eigenvalue weighted by Crippen LogP contribution is -2.12. The Labute approximate surface area is 148 Å². The van der Waals surface area contributed by atoms with E-state index in [4.69, 9.17) is 14.3 Å². The van der Waals surface area contributed by atoms with Gasteiger partial charge in [-0.1, -0.05) is 12.1 Å². The summed E-state index contributed by atoms with van der Waals surface area (Å²) < 4.78 is 10.8. The zero-order chi connectivity index (χ0) is 18.7. The third-order valence-corrected chi connectivity index (χ3v) is 3.68. The van der Waals surface area contributed by atoms with Gasteiger partial charge in [-0.2, -0.15) is 5.26 Å². The molecule has 3 aromatic rings. The average molecular weight is 350 g/mol. The molecule has 0 aliphatic rings. The van der Waals surface area contributed by atoms with Crippen LogP contribution >= 0.6 is 0 Å². The number of carboxylic acid groups (broad SMARTS) is 1. The lowest BCUT2D eigenvalue weighted by atomic mass is 10.0. The van der Waals surface area contributed by atoms with E-state index in [1.54, 1.807) is 37.3 Å². The zero-order valence-electron chi connectivity index (χ0n) is 13.8. The topological polar surface area (TPSA) is 116 Å². The molecule has 0 aliphatic heterocycles. The Bertz CT molecular complexity index is 1070. The van der Waals surface area contributed by atoms with Crippen molar-refractivity contribution in [2.45, 2.75) is 13.5 Å². The molecule has 2 aromatic heterocycles. The van der Waals surface area contributed by atoms with Gasteiger partial charge in [0.05, 0.1) is 0 Å². The van der Waals surface area contributed by atoms with E-state index in [0.29, 0.717) is 28.3 Å². The summed E-state index contributed by atoms with van der Waals surface area (Å²) in [7, 11) is 0. The van der Waals surface area contributed by atoms with Gasteiger partial charge in [0.2, 0.25) is 5.76 Å². The van der Waals surface area contributed by atoms with E-state index in [-0.39, 0.29) is 17.9 Å². The minimum absolute atomic E-state index is 0.0323. The van der Waals surface area contributed by atoms with E-state index in [1.807, 2.05) is 6.07 Å². The van der Waals surface area contributed by atoms with Gasteiger partial charge in [0.25, 0.3) is 5.56 Å². The number of nitrogens with zero attached hydrogens (tertiary/aromatic N) is 1. The van der Waals surface area contributed by atoms with Gasteiger partial charge < -0.3 is 19.2 Å². The SMILES string of the molecule is Cc1cc(-c2cccc(OCc3ccc(C(=O)O)o3)c2)c(C#N)c(=O)[nH]1. The molecular weight excluding hydrogens is 336 g/mol. The number of furan rings is 1. The second-order valence-corrected chi connectivity index (χ2v) is 5.57. The van der Waals surface area contributed by atoms with E-state index in [0.717, 1.165) is 0 Å². The highest BCUT2D eigenvalue weighted by atomic mass is 16.5. The molecule has 2 N–H and O–H groups in total. The number of rotatable bonds is 5. The van der Waals surface area contributed by atoms with Crippen LogP contribution in [0.5, 0.6) is 5.75 Å². The molecule has 7 nitrogen and oxygen atoms in total.